The van der Waals surface area contributed by atoms with Crippen LogP contribution in [-0.2, 0) is 9.63 Å². The minimum absolute atomic E-state index is 0.204. The molecule has 0 aromatic heterocycles. The summed E-state index contributed by atoms with van der Waals surface area (Å²) in [5, 5.41) is 0. The van der Waals surface area contributed by atoms with Gasteiger partial charge in [-0.25, -0.2) is 5.48 Å². The molecule has 1 saturated carbocycles. The number of hydrogen-bond donors (Lipinski definition) is 1. The van der Waals surface area contributed by atoms with Crippen LogP contribution in [0.2, 0.25) is 0 Å². The van der Waals surface area contributed by atoms with E-state index in [0.29, 0.717) is 5.92 Å². The number of rotatable bonds is 3. The van der Waals surface area contributed by atoms with Crippen molar-refractivity contribution in [3.05, 3.63) is 0 Å². The number of amides is 1. The van der Waals surface area contributed by atoms with Crippen LogP contribution in [0.1, 0.15) is 32.6 Å². The fraction of sp³-hybridized carbons (Fsp3) is 0.900. The van der Waals surface area contributed by atoms with E-state index in [-0.39, 0.29) is 5.92 Å². The Morgan fingerprint density at radius 1 is 1.31 bits per heavy atom. The molecule has 0 bridgehead atoms. The van der Waals surface area contributed by atoms with Gasteiger partial charge in [0, 0.05) is 5.92 Å². The van der Waals surface area contributed by atoms with Gasteiger partial charge in [0.15, 0.2) is 6.61 Å². The summed E-state index contributed by atoms with van der Waals surface area (Å²) < 4.78 is 35.2. The lowest BCUT2D eigenvalue weighted by Gasteiger charge is -2.24. The molecule has 0 aromatic rings. The fourth-order valence-corrected chi connectivity index (χ4v) is 1.79. The highest BCUT2D eigenvalue weighted by atomic mass is 19.4. The van der Waals surface area contributed by atoms with Crippen molar-refractivity contribution in [2.24, 2.45) is 11.8 Å². The Labute approximate surface area is 92.3 Å². The predicted octanol–water partition coefficient (Wildman–Crippen LogP) is 2.42. The zero-order valence-electron chi connectivity index (χ0n) is 9.14. The molecule has 0 heterocycles. The van der Waals surface area contributed by atoms with Crippen LogP contribution in [0.5, 0.6) is 0 Å². The van der Waals surface area contributed by atoms with Gasteiger partial charge in [0.2, 0.25) is 5.91 Å². The normalized spacial score (nSPS) is 26.5. The van der Waals surface area contributed by atoms with E-state index in [1.54, 1.807) is 0 Å². The first-order chi connectivity index (χ1) is 7.38. The summed E-state index contributed by atoms with van der Waals surface area (Å²) in [6, 6.07) is 0. The minimum atomic E-state index is -4.41. The summed E-state index contributed by atoms with van der Waals surface area (Å²) in [4.78, 5) is 15.5. The van der Waals surface area contributed by atoms with Gasteiger partial charge in [-0.3, -0.25) is 9.63 Å². The van der Waals surface area contributed by atoms with Crippen molar-refractivity contribution >= 4 is 5.91 Å². The van der Waals surface area contributed by atoms with Crippen molar-refractivity contribution in [3.63, 3.8) is 0 Å². The van der Waals surface area contributed by atoms with Gasteiger partial charge in [-0.1, -0.05) is 6.92 Å². The minimum Gasteiger partial charge on any atom is -0.273 e. The van der Waals surface area contributed by atoms with Crippen LogP contribution in [0, 0.1) is 11.8 Å². The van der Waals surface area contributed by atoms with E-state index in [0.717, 1.165) is 25.7 Å². The third-order valence-corrected chi connectivity index (χ3v) is 2.80. The zero-order valence-corrected chi connectivity index (χ0v) is 9.14. The molecule has 1 amide bonds. The van der Waals surface area contributed by atoms with Gasteiger partial charge in [0.05, 0.1) is 0 Å². The number of carbonyl (C=O) groups is 1. The molecule has 0 aromatic carbocycles. The maximum atomic E-state index is 11.7. The molecule has 3 nitrogen and oxygen atoms in total. The lowest BCUT2D eigenvalue weighted by Crippen LogP contribution is -2.35. The maximum Gasteiger partial charge on any atom is 0.414 e. The van der Waals surface area contributed by atoms with E-state index < -0.39 is 18.7 Å². The lowest BCUT2D eigenvalue weighted by molar-refractivity contribution is -0.193. The van der Waals surface area contributed by atoms with Crippen molar-refractivity contribution in [3.8, 4) is 0 Å². The summed E-state index contributed by atoms with van der Waals surface area (Å²) in [5.74, 6) is -0.0410. The second kappa shape index (κ2) is 5.52. The monoisotopic (exact) mass is 239 g/mol. The van der Waals surface area contributed by atoms with Gasteiger partial charge < -0.3 is 0 Å². The van der Waals surface area contributed by atoms with Crippen molar-refractivity contribution < 1.29 is 22.8 Å². The van der Waals surface area contributed by atoms with E-state index in [1.165, 1.54) is 0 Å². The Bertz CT molecular complexity index is 235. The molecule has 1 N–H and O–H groups in total. The molecule has 94 valence electrons. The Hall–Kier alpha value is -0.780. The number of hydroxylamine groups is 1. The molecule has 1 fully saturated rings. The van der Waals surface area contributed by atoms with Gasteiger partial charge >= 0.3 is 6.18 Å². The molecule has 1 rings (SSSR count). The second-order valence-electron chi connectivity index (χ2n) is 4.33. The summed E-state index contributed by atoms with van der Waals surface area (Å²) in [6.45, 7) is 0.663. The van der Waals surface area contributed by atoms with Crippen LogP contribution < -0.4 is 5.48 Å². The average Bonchev–Trinajstić information content (AvgIpc) is 2.16. The number of carbonyl (C=O) groups excluding carboxylic acids is 1. The Morgan fingerprint density at radius 2 is 1.88 bits per heavy atom. The molecular weight excluding hydrogens is 223 g/mol. The molecule has 6 heteroatoms. The first-order valence-corrected chi connectivity index (χ1v) is 5.37. The maximum absolute atomic E-state index is 11.7. The quantitative estimate of drug-likeness (QED) is 0.768. The molecule has 0 atom stereocenters. The van der Waals surface area contributed by atoms with Gasteiger partial charge in [-0.15, -0.1) is 0 Å². The number of alkyl halides is 3. The molecule has 1 aliphatic carbocycles. The third kappa shape index (κ3) is 4.83. The Balaban J connectivity index is 2.20. The first-order valence-electron chi connectivity index (χ1n) is 5.37. The van der Waals surface area contributed by atoms with Crippen molar-refractivity contribution in [2.75, 3.05) is 6.61 Å². The smallest absolute Gasteiger partial charge is 0.273 e. The molecule has 0 radical (unpaired) electrons. The number of halogens is 3. The van der Waals surface area contributed by atoms with Gasteiger partial charge in [-0.05, 0) is 31.6 Å². The van der Waals surface area contributed by atoms with Crippen molar-refractivity contribution in [1.82, 2.24) is 5.48 Å². The molecule has 0 saturated heterocycles. The van der Waals surface area contributed by atoms with Gasteiger partial charge in [0.25, 0.3) is 0 Å². The van der Waals surface area contributed by atoms with E-state index in [9.17, 15) is 18.0 Å². The second-order valence-corrected chi connectivity index (χ2v) is 4.33. The van der Waals surface area contributed by atoms with Gasteiger partial charge in [-0.2, -0.15) is 13.2 Å². The summed E-state index contributed by atoms with van der Waals surface area (Å²) in [6.07, 6.45) is -1.08. The van der Waals surface area contributed by atoms with Crippen molar-refractivity contribution in [2.45, 2.75) is 38.8 Å². The van der Waals surface area contributed by atoms with E-state index in [1.807, 2.05) is 5.48 Å². The molecule has 0 unspecified atom stereocenters. The summed E-state index contributed by atoms with van der Waals surface area (Å²) in [5.41, 5.74) is 1.86. The van der Waals surface area contributed by atoms with Gasteiger partial charge in [0.1, 0.15) is 0 Å². The van der Waals surface area contributed by atoms with E-state index in [4.69, 9.17) is 0 Å². The summed E-state index contributed by atoms with van der Waals surface area (Å²) >= 11 is 0. The molecular formula is C10H16F3NO2. The SMILES string of the molecule is CC1CCC(C(=O)NOCC(F)(F)F)CC1. The van der Waals surface area contributed by atoms with Crippen LogP contribution in [0.4, 0.5) is 13.2 Å². The Kier molecular flexibility index (Phi) is 4.58. The van der Waals surface area contributed by atoms with Crippen LogP contribution >= 0.6 is 0 Å². The first kappa shape index (κ1) is 13.3. The molecule has 0 spiro atoms. The average molecular weight is 239 g/mol. The predicted molar refractivity (Wildman–Crippen MR) is 51.3 cm³/mol. The largest absolute Gasteiger partial charge is 0.414 e. The Morgan fingerprint density at radius 3 is 2.38 bits per heavy atom. The fourth-order valence-electron chi connectivity index (χ4n) is 1.79. The number of hydrogen-bond acceptors (Lipinski definition) is 2. The van der Waals surface area contributed by atoms with E-state index >= 15 is 0 Å². The molecule has 0 aliphatic heterocycles. The van der Waals surface area contributed by atoms with Crippen LogP contribution in [0.15, 0.2) is 0 Å². The highest BCUT2D eigenvalue weighted by Gasteiger charge is 2.29. The van der Waals surface area contributed by atoms with Crippen molar-refractivity contribution in [1.29, 1.82) is 0 Å². The van der Waals surface area contributed by atoms with Crippen LogP contribution in [0.3, 0.4) is 0 Å². The summed E-state index contributed by atoms with van der Waals surface area (Å²) in [7, 11) is 0. The highest BCUT2D eigenvalue weighted by molar-refractivity contribution is 5.77. The zero-order chi connectivity index (χ0) is 12.2. The standard InChI is InChI=1S/C10H16F3NO2/c1-7-2-4-8(5-3-7)9(15)14-16-6-10(11,12)13/h7-8H,2-6H2,1H3,(H,14,15). The number of nitrogens with one attached hydrogen (secondary N) is 1. The molecule has 1 aliphatic rings. The van der Waals surface area contributed by atoms with Crippen LogP contribution in [0.25, 0.3) is 0 Å². The highest BCUT2D eigenvalue weighted by Crippen LogP contribution is 2.28. The van der Waals surface area contributed by atoms with Crippen LogP contribution in [-0.4, -0.2) is 18.7 Å². The third-order valence-electron chi connectivity index (χ3n) is 2.80. The topological polar surface area (TPSA) is 38.3 Å². The lowest BCUT2D eigenvalue weighted by atomic mass is 9.83. The van der Waals surface area contributed by atoms with E-state index in [2.05, 4.69) is 11.8 Å². The molecule has 16 heavy (non-hydrogen) atoms.